The van der Waals surface area contributed by atoms with Crippen LogP contribution in [-0.2, 0) is 6.54 Å². The predicted molar refractivity (Wildman–Crippen MR) is 56.1 cm³/mol. The zero-order valence-electron chi connectivity index (χ0n) is 7.93. The lowest BCUT2D eigenvalue weighted by Gasteiger charge is -2.10. The molecule has 0 aromatic carbocycles. The van der Waals surface area contributed by atoms with Crippen molar-refractivity contribution in [1.82, 2.24) is 10.5 Å². The summed E-state index contributed by atoms with van der Waals surface area (Å²) in [5, 5.41) is 9.14. The normalized spacial score (nSPS) is 12.9. The molecule has 2 aromatic rings. The third-order valence-electron chi connectivity index (χ3n) is 2.07. The molecule has 0 bridgehead atoms. The lowest BCUT2D eigenvalue weighted by molar-refractivity contribution is 0.418. The van der Waals surface area contributed by atoms with Crippen LogP contribution in [0.1, 0.15) is 23.4 Å². The molecular weight excluding hydrogens is 196 g/mol. The summed E-state index contributed by atoms with van der Waals surface area (Å²) in [5.74, 6) is 0. The fourth-order valence-corrected chi connectivity index (χ4v) is 1.98. The minimum atomic E-state index is 0.380. The molecular formula is C10H12N2OS. The van der Waals surface area contributed by atoms with Crippen LogP contribution >= 0.6 is 11.3 Å². The molecule has 0 radical (unpaired) electrons. The van der Waals surface area contributed by atoms with Crippen LogP contribution in [0.2, 0.25) is 0 Å². The minimum Gasteiger partial charge on any atom is -0.364 e. The first kappa shape index (κ1) is 9.43. The van der Waals surface area contributed by atoms with E-state index in [1.807, 2.05) is 0 Å². The molecule has 1 unspecified atom stereocenters. The van der Waals surface area contributed by atoms with Crippen molar-refractivity contribution in [2.24, 2.45) is 0 Å². The number of nitrogens with one attached hydrogen (secondary N) is 1. The van der Waals surface area contributed by atoms with Crippen LogP contribution in [0.25, 0.3) is 0 Å². The molecule has 2 heterocycles. The molecule has 0 aliphatic rings. The van der Waals surface area contributed by atoms with Crippen molar-refractivity contribution < 1.29 is 4.52 Å². The molecule has 3 nitrogen and oxygen atoms in total. The monoisotopic (exact) mass is 208 g/mol. The van der Waals surface area contributed by atoms with E-state index in [-0.39, 0.29) is 0 Å². The van der Waals surface area contributed by atoms with Crippen molar-refractivity contribution in [3.8, 4) is 0 Å². The first-order valence-electron chi connectivity index (χ1n) is 4.51. The second-order valence-corrected chi connectivity index (χ2v) is 4.13. The van der Waals surface area contributed by atoms with Gasteiger partial charge in [-0.2, -0.15) is 0 Å². The van der Waals surface area contributed by atoms with Gasteiger partial charge in [0.05, 0.1) is 6.20 Å². The van der Waals surface area contributed by atoms with E-state index in [1.54, 1.807) is 23.8 Å². The smallest absolute Gasteiger partial charge is 0.128 e. The Morgan fingerprint density at radius 3 is 3.21 bits per heavy atom. The van der Waals surface area contributed by atoms with Gasteiger partial charge in [-0.1, -0.05) is 11.2 Å². The maximum absolute atomic E-state index is 4.75. The van der Waals surface area contributed by atoms with E-state index in [0.717, 1.165) is 12.1 Å². The average molecular weight is 208 g/mol. The van der Waals surface area contributed by atoms with Gasteiger partial charge in [-0.3, -0.25) is 0 Å². The predicted octanol–water partition coefficient (Wildman–Crippen LogP) is 2.59. The maximum Gasteiger partial charge on any atom is 0.128 e. The van der Waals surface area contributed by atoms with Gasteiger partial charge in [0.15, 0.2) is 0 Å². The van der Waals surface area contributed by atoms with Crippen LogP contribution in [0.4, 0.5) is 0 Å². The highest BCUT2D eigenvalue weighted by Gasteiger charge is 2.05. The van der Waals surface area contributed by atoms with Gasteiger partial charge in [-0.05, 0) is 18.4 Å². The fourth-order valence-electron chi connectivity index (χ4n) is 1.22. The maximum atomic E-state index is 4.75. The van der Waals surface area contributed by atoms with Crippen molar-refractivity contribution in [2.75, 3.05) is 0 Å². The molecule has 0 amide bonds. The Bertz CT molecular complexity index is 355. The van der Waals surface area contributed by atoms with Gasteiger partial charge in [-0.15, -0.1) is 11.3 Å². The standard InChI is InChI=1S/C10H12N2OS/c1-8(10-3-2-4-14-10)11-5-9-6-12-13-7-9/h2-4,6-8,11H,5H2,1H3. The minimum absolute atomic E-state index is 0.380. The zero-order chi connectivity index (χ0) is 9.80. The van der Waals surface area contributed by atoms with Crippen molar-refractivity contribution in [1.29, 1.82) is 0 Å². The van der Waals surface area contributed by atoms with E-state index in [2.05, 4.69) is 34.9 Å². The highest BCUT2D eigenvalue weighted by Crippen LogP contribution is 2.18. The number of thiophene rings is 1. The van der Waals surface area contributed by atoms with Crippen LogP contribution in [0.3, 0.4) is 0 Å². The molecule has 0 fully saturated rings. The second-order valence-electron chi connectivity index (χ2n) is 3.15. The summed E-state index contributed by atoms with van der Waals surface area (Å²) >= 11 is 1.77. The van der Waals surface area contributed by atoms with Crippen molar-refractivity contribution in [3.05, 3.63) is 40.4 Å². The number of nitrogens with zero attached hydrogens (tertiary/aromatic N) is 1. The number of hydrogen-bond acceptors (Lipinski definition) is 4. The third kappa shape index (κ3) is 2.21. The van der Waals surface area contributed by atoms with Gasteiger partial charge in [0.2, 0.25) is 0 Å². The molecule has 0 aliphatic heterocycles. The largest absolute Gasteiger partial charge is 0.364 e. The Morgan fingerprint density at radius 1 is 1.64 bits per heavy atom. The van der Waals surface area contributed by atoms with Crippen LogP contribution in [0, 0.1) is 0 Å². The van der Waals surface area contributed by atoms with Gasteiger partial charge < -0.3 is 9.84 Å². The molecule has 1 N–H and O–H groups in total. The van der Waals surface area contributed by atoms with Crippen LogP contribution < -0.4 is 5.32 Å². The van der Waals surface area contributed by atoms with Gasteiger partial charge in [-0.25, -0.2) is 0 Å². The second kappa shape index (κ2) is 4.39. The van der Waals surface area contributed by atoms with Gasteiger partial charge >= 0.3 is 0 Å². The van der Waals surface area contributed by atoms with Gasteiger partial charge in [0, 0.05) is 23.0 Å². The third-order valence-corrected chi connectivity index (χ3v) is 3.12. The average Bonchev–Trinajstić information content (AvgIpc) is 2.87. The number of hydrogen-bond donors (Lipinski definition) is 1. The lowest BCUT2D eigenvalue weighted by atomic mass is 10.2. The summed E-state index contributed by atoms with van der Waals surface area (Å²) < 4.78 is 4.75. The SMILES string of the molecule is CC(NCc1cnoc1)c1cccs1. The number of rotatable bonds is 4. The highest BCUT2D eigenvalue weighted by atomic mass is 32.1. The molecule has 74 valence electrons. The van der Waals surface area contributed by atoms with E-state index in [4.69, 9.17) is 4.52 Å². The van der Waals surface area contributed by atoms with Crippen LogP contribution in [0.5, 0.6) is 0 Å². The summed E-state index contributed by atoms with van der Waals surface area (Å²) in [7, 11) is 0. The molecule has 0 aliphatic carbocycles. The van der Waals surface area contributed by atoms with E-state index in [9.17, 15) is 0 Å². The summed E-state index contributed by atoms with van der Waals surface area (Å²) in [6, 6.07) is 4.58. The molecule has 0 saturated carbocycles. The first-order valence-corrected chi connectivity index (χ1v) is 5.39. The van der Waals surface area contributed by atoms with Crippen molar-refractivity contribution in [3.63, 3.8) is 0 Å². The molecule has 0 spiro atoms. The summed E-state index contributed by atoms with van der Waals surface area (Å²) in [4.78, 5) is 1.35. The van der Waals surface area contributed by atoms with E-state index >= 15 is 0 Å². The summed E-state index contributed by atoms with van der Waals surface area (Å²) in [6.45, 7) is 2.95. The Labute approximate surface area is 86.7 Å². The molecule has 14 heavy (non-hydrogen) atoms. The van der Waals surface area contributed by atoms with E-state index < -0.39 is 0 Å². The van der Waals surface area contributed by atoms with Crippen LogP contribution in [-0.4, -0.2) is 5.16 Å². The highest BCUT2D eigenvalue weighted by molar-refractivity contribution is 7.10. The molecule has 0 saturated heterocycles. The number of aromatic nitrogens is 1. The van der Waals surface area contributed by atoms with Gasteiger partial charge in [0.1, 0.15) is 6.26 Å². The quantitative estimate of drug-likeness (QED) is 0.839. The molecule has 4 heteroatoms. The fraction of sp³-hybridized carbons (Fsp3) is 0.300. The van der Waals surface area contributed by atoms with Crippen molar-refractivity contribution in [2.45, 2.75) is 19.5 Å². The van der Waals surface area contributed by atoms with Crippen LogP contribution in [0.15, 0.2) is 34.5 Å². The molecule has 1 atom stereocenters. The Balaban J connectivity index is 1.87. The summed E-state index contributed by atoms with van der Waals surface area (Å²) in [6.07, 6.45) is 3.39. The summed E-state index contributed by atoms with van der Waals surface area (Å²) in [5.41, 5.74) is 1.08. The molecule has 2 aromatic heterocycles. The first-order chi connectivity index (χ1) is 6.86. The van der Waals surface area contributed by atoms with Crippen molar-refractivity contribution >= 4 is 11.3 Å². The zero-order valence-corrected chi connectivity index (χ0v) is 8.75. The Hall–Kier alpha value is -1.13. The van der Waals surface area contributed by atoms with Gasteiger partial charge in [0.25, 0.3) is 0 Å². The topological polar surface area (TPSA) is 38.1 Å². The van der Waals surface area contributed by atoms with E-state index in [1.165, 1.54) is 4.88 Å². The Morgan fingerprint density at radius 2 is 2.57 bits per heavy atom. The lowest BCUT2D eigenvalue weighted by Crippen LogP contribution is -2.16. The van der Waals surface area contributed by atoms with E-state index in [0.29, 0.717) is 6.04 Å². The molecule has 2 rings (SSSR count). The Kier molecular flexibility index (Phi) is 2.96.